The molecule has 2 aromatic heterocycles. The van der Waals surface area contributed by atoms with E-state index >= 15 is 0 Å². The molecule has 0 aromatic carbocycles. The summed E-state index contributed by atoms with van der Waals surface area (Å²) in [5.74, 6) is 0.404. The third-order valence-corrected chi connectivity index (χ3v) is 2.41. The molecule has 3 nitrogen and oxygen atoms in total. The Balaban J connectivity index is 0.00000112. The van der Waals surface area contributed by atoms with E-state index in [0.29, 0.717) is 5.92 Å². The summed E-state index contributed by atoms with van der Waals surface area (Å²) in [4.78, 5) is 8.02. The maximum Gasteiger partial charge on any atom is 0.0270 e. The van der Waals surface area contributed by atoms with Crippen LogP contribution in [0, 0.1) is 0 Å². The van der Waals surface area contributed by atoms with Crippen LogP contribution in [0.15, 0.2) is 49.1 Å². The van der Waals surface area contributed by atoms with Gasteiger partial charge in [0.05, 0.1) is 0 Å². The molecule has 3 heteroatoms. The van der Waals surface area contributed by atoms with E-state index in [1.165, 1.54) is 11.1 Å². The summed E-state index contributed by atoms with van der Waals surface area (Å²) in [6.07, 6.45) is 7.31. The van der Waals surface area contributed by atoms with Gasteiger partial charge in [-0.05, 0) is 35.4 Å². The molecule has 78 valence electrons. The highest BCUT2D eigenvalue weighted by Gasteiger charge is 2.06. The van der Waals surface area contributed by atoms with Gasteiger partial charge in [0.15, 0.2) is 0 Å². The van der Waals surface area contributed by atoms with Gasteiger partial charge in [-0.1, -0.05) is 6.92 Å². The van der Waals surface area contributed by atoms with Crippen molar-refractivity contribution in [3.8, 4) is 0 Å². The van der Waals surface area contributed by atoms with Crippen LogP contribution in [-0.4, -0.2) is 15.4 Å². The molecule has 0 radical (unpaired) electrons. The third-order valence-electron chi connectivity index (χ3n) is 2.41. The van der Waals surface area contributed by atoms with Gasteiger partial charge in [0, 0.05) is 30.7 Å². The second-order valence-electron chi connectivity index (χ2n) is 3.28. The van der Waals surface area contributed by atoms with Gasteiger partial charge in [0.1, 0.15) is 0 Å². The molecule has 0 aliphatic rings. The third kappa shape index (κ3) is 2.60. The molecule has 2 aromatic rings. The fourth-order valence-electron chi connectivity index (χ4n) is 1.50. The Bertz CT molecular complexity index is 349. The number of hydrogen-bond acceptors (Lipinski definition) is 2. The van der Waals surface area contributed by atoms with Crippen LogP contribution in [0.5, 0.6) is 0 Å². The molecule has 0 aliphatic carbocycles. The van der Waals surface area contributed by atoms with Crippen molar-refractivity contribution in [2.24, 2.45) is 0 Å². The van der Waals surface area contributed by atoms with Gasteiger partial charge in [-0.25, -0.2) is 0 Å². The molecule has 15 heavy (non-hydrogen) atoms. The molecule has 0 saturated heterocycles. The van der Waals surface area contributed by atoms with Crippen molar-refractivity contribution < 1.29 is 5.48 Å². The zero-order chi connectivity index (χ0) is 9.80. The van der Waals surface area contributed by atoms with Crippen LogP contribution < -0.4 is 0 Å². The van der Waals surface area contributed by atoms with E-state index < -0.39 is 0 Å². The Kier molecular flexibility index (Phi) is 3.94. The second kappa shape index (κ2) is 5.22. The summed E-state index contributed by atoms with van der Waals surface area (Å²) in [7, 11) is 0. The topological polar surface area (TPSA) is 57.3 Å². The Morgan fingerprint density at radius 1 is 0.800 bits per heavy atom. The molecule has 0 spiro atoms. The fraction of sp³-hybridized carbons (Fsp3) is 0.167. The zero-order valence-electron chi connectivity index (χ0n) is 8.59. The highest BCUT2D eigenvalue weighted by Crippen LogP contribution is 2.22. The molecule has 0 atom stereocenters. The standard InChI is InChI=1S/C12H12N2.H2O/c1-10(11-2-6-13-7-3-11)12-4-8-14-9-5-12;/h2-10H,1H3;1H2. The van der Waals surface area contributed by atoms with Gasteiger partial charge in [-0.15, -0.1) is 0 Å². The summed E-state index contributed by atoms with van der Waals surface area (Å²) in [5, 5.41) is 0. The molecule has 2 rings (SSSR count). The predicted octanol–water partition coefficient (Wildman–Crippen LogP) is 1.80. The highest BCUT2D eigenvalue weighted by atomic mass is 16.0. The minimum Gasteiger partial charge on any atom is -0.412 e. The van der Waals surface area contributed by atoms with Gasteiger partial charge in [0.2, 0.25) is 0 Å². The van der Waals surface area contributed by atoms with Gasteiger partial charge < -0.3 is 5.48 Å². The van der Waals surface area contributed by atoms with E-state index in [1.807, 2.05) is 49.1 Å². The van der Waals surface area contributed by atoms with Crippen LogP contribution in [0.3, 0.4) is 0 Å². The van der Waals surface area contributed by atoms with Crippen LogP contribution in [0.4, 0.5) is 0 Å². The quantitative estimate of drug-likeness (QED) is 0.745. The van der Waals surface area contributed by atoms with Gasteiger partial charge in [-0.2, -0.15) is 0 Å². The van der Waals surface area contributed by atoms with E-state index in [1.54, 1.807) is 0 Å². The van der Waals surface area contributed by atoms with E-state index in [-0.39, 0.29) is 5.48 Å². The van der Waals surface area contributed by atoms with Crippen LogP contribution in [0.2, 0.25) is 0 Å². The van der Waals surface area contributed by atoms with Crippen LogP contribution in [0.1, 0.15) is 24.0 Å². The summed E-state index contributed by atoms with van der Waals surface area (Å²) >= 11 is 0. The lowest BCUT2D eigenvalue weighted by Gasteiger charge is -2.10. The maximum atomic E-state index is 4.01. The Morgan fingerprint density at radius 2 is 1.13 bits per heavy atom. The first-order chi connectivity index (χ1) is 6.88. The van der Waals surface area contributed by atoms with E-state index in [0.717, 1.165) is 0 Å². The first-order valence-electron chi connectivity index (χ1n) is 4.68. The van der Waals surface area contributed by atoms with Gasteiger partial charge in [0.25, 0.3) is 0 Å². The number of aromatic nitrogens is 2. The van der Waals surface area contributed by atoms with Gasteiger partial charge in [-0.3, -0.25) is 9.97 Å². The van der Waals surface area contributed by atoms with Gasteiger partial charge >= 0.3 is 0 Å². The van der Waals surface area contributed by atoms with Crippen molar-refractivity contribution in [1.82, 2.24) is 9.97 Å². The zero-order valence-corrected chi connectivity index (χ0v) is 8.59. The van der Waals surface area contributed by atoms with Crippen molar-refractivity contribution in [2.45, 2.75) is 12.8 Å². The molecular weight excluding hydrogens is 188 g/mol. The number of hydrogen-bond donors (Lipinski definition) is 0. The molecule has 0 saturated carbocycles. The van der Waals surface area contributed by atoms with Crippen molar-refractivity contribution >= 4 is 0 Å². The minimum absolute atomic E-state index is 0. The van der Waals surface area contributed by atoms with Crippen LogP contribution >= 0.6 is 0 Å². The predicted molar refractivity (Wildman–Crippen MR) is 59.6 cm³/mol. The lowest BCUT2D eigenvalue weighted by atomic mass is 9.95. The van der Waals surface area contributed by atoms with Crippen molar-refractivity contribution in [1.29, 1.82) is 0 Å². The molecule has 0 bridgehead atoms. The molecule has 2 N–H and O–H groups in total. The summed E-state index contributed by atoms with van der Waals surface area (Å²) in [6.45, 7) is 2.19. The largest absolute Gasteiger partial charge is 0.412 e. The lowest BCUT2D eigenvalue weighted by Crippen LogP contribution is -1.95. The average molecular weight is 202 g/mol. The summed E-state index contributed by atoms with van der Waals surface area (Å²) < 4.78 is 0. The number of pyridine rings is 2. The minimum atomic E-state index is 0. The van der Waals surface area contributed by atoms with Crippen LogP contribution in [-0.2, 0) is 0 Å². The SMILES string of the molecule is CC(c1ccncc1)c1ccncc1.O. The average Bonchev–Trinajstić information content (AvgIpc) is 2.30. The van der Waals surface area contributed by atoms with Crippen molar-refractivity contribution in [2.75, 3.05) is 0 Å². The fourth-order valence-corrected chi connectivity index (χ4v) is 1.50. The smallest absolute Gasteiger partial charge is 0.0270 e. The van der Waals surface area contributed by atoms with E-state index in [9.17, 15) is 0 Å². The van der Waals surface area contributed by atoms with E-state index in [4.69, 9.17) is 0 Å². The highest BCUT2D eigenvalue weighted by molar-refractivity contribution is 5.28. The summed E-state index contributed by atoms with van der Waals surface area (Å²) in [5.41, 5.74) is 2.57. The number of nitrogens with zero attached hydrogens (tertiary/aromatic N) is 2. The molecule has 0 aliphatic heterocycles. The Hall–Kier alpha value is -1.74. The van der Waals surface area contributed by atoms with E-state index in [2.05, 4.69) is 16.9 Å². The van der Waals surface area contributed by atoms with Crippen LogP contribution in [0.25, 0.3) is 0 Å². The molecule has 0 unspecified atom stereocenters. The number of rotatable bonds is 2. The first-order valence-corrected chi connectivity index (χ1v) is 4.68. The maximum absolute atomic E-state index is 4.01. The van der Waals surface area contributed by atoms with Crippen molar-refractivity contribution in [3.05, 3.63) is 60.2 Å². The first kappa shape index (κ1) is 11.3. The molecular formula is C12H14N2O. The molecule has 0 amide bonds. The monoisotopic (exact) mass is 202 g/mol. The Morgan fingerprint density at radius 3 is 1.47 bits per heavy atom. The lowest BCUT2D eigenvalue weighted by molar-refractivity contribution is 0.824. The molecule has 2 heterocycles. The van der Waals surface area contributed by atoms with Crippen molar-refractivity contribution in [3.63, 3.8) is 0 Å². The second-order valence-corrected chi connectivity index (χ2v) is 3.28. The summed E-state index contributed by atoms with van der Waals surface area (Å²) in [6, 6.07) is 8.19. The normalized spacial score (nSPS) is 9.73. The molecule has 0 fully saturated rings. The Labute approximate surface area is 89.1 Å².